The molecule has 1 N–H and O–H groups in total. The van der Waals surface area contributed by atoms with Gasteiger partial charge in [0.1, 0.15) is 5.82 Å². The molecule has 0 spiro atoms. The van der Waals surface area contributed by atoms with Crippen LogP contribution >= 0.6 is 0 Å². The number of rotatable bonds is 4. The van der Waals surface area contributed by atoms with E-state index in [4.69, 9.17) is 4.74 Å². The monoisotopic (exact) mass is 223 g/mol. The summed E-state index contributed by atoms with van der Waals surface area (Å²) in [6, 6.07) is 5.45. The number of ether oxygens (including phenoxy) is 1. The second kappa shape index (κ2) is 4.93. The predicted octanol–water partition coefficient (Wildman–Crippen LogP) is 2.40. The molecule has 0 aromatic heterocycles. The van der Waals surface area contributed by atoms with Gasteiger partial charge in [-0.25, -0.2) is 4.39 Å². The summed E-state index contributed by atoms with van der Waals surface area (Å²) in [7, 11) is 1.75. The zero-order valence-electron chi connectivity index (χ0n) is 9.79. The van der Waals surface area contributed by atoms with Crippen molar-refractivity contribution >= 4 is 0 Å². The van der Waals surface area contributed by atoms with Crippen LogP contribution in [0.4, 0.5) is 4.39 Å². The summed E-state index contributed by atoms with van der Waals surface area (Å²) in [5.74, 6) is -0.161. The van der Waals surface area contributed by atoms with Crippen molar-refractivity contribution in [3.63, 3.8) is 0 Å². The Morgan fingerprint density at radius 2 is 2.19 bits per heavy atom. The Bertz CT molecular complexity index is 361. The molecule has 0 aliphatic heterocycles. The molecule has 16 heavy (non-hydrogen) atoms. The molecule has 1 saturated carbocycles. The van der Waals surface area contributed by atoms with Crippen LogP contribution in [-0.2, 0) is 11.3 Å². The molecule has 2 nitrogen and oxygen atoms in total. The molecule has 0 bridgehead atoms. The van der Waals surface area contributed by atoms with E-state index in [0.717, 1.165) is 30.5 Å². The fraction of sp³-hybridized carbons (Fsp3) is 0.538. The maximum Gasteiger partial charge on any atom is 0.123 e. The number of methoxy groups -OCH3 is 1. The second-order valence-electron chi connectivity index (χ2n) is 4.48. The molecule has 88 valence electrons. The number of hydrogen-bond acceptors (Lipinski definition) is 2. The van der Waals surface area contributed by atoms with Gasteiger partial charge in [0, 0.05) is 19.7 Å². The molecule has 1 aromatic rings. The van der Waals surface area contributed by atoms with E-state index < -0.39 is 0 Å². The molecule has 2 rings (SSSR count). The van der Waals surface area contributed by atoms with Crippen LogP contribution in [0.5, 0.6) is 0 Å². The number of aryl methyl sites for hydroxylation is 1. The normalized spacial score (nSPS) is 24.2. The van der Waals surface area contributed by atoms with Gasteiger partial charge in [-0.1, -0.05) is 6.07 Å². The summed E-state index contributed by atoms with van der Waals surface area (Å²) in [5, 5.41) is 3.42. The van der Waals surface area contributed by atoms with Crippen molar-refractivity contribution in [2.24, 2.45) is 0 Å². The van der Waals surface area contributed by atoms with Crippen molar-refractivity contribution < 1.29 is 9.13 Å². The van der Waals surface area contributed by atoms with Gasteiger partial charge in [0.25, 0.3) is 0 Å². The first-order valence-corrected chi connectivity index (χ1v) is 5.70. The Hall–Kier alpha value is -0.930. The Morgan fingerprint density at radius 1 is 1.44 bits per heavy atom. The van der Waals surface area contributed by atoms with Gasteiger partial charge in [0.15, 0.2) is 0 Å². The van der Waals surface area contributed by atoms with Gasteiger partial charge in [-0.3, -0.25) is 0 Å². The van der Waals surface area contributed by atoms with E-state index in [1.807, 2.05) is 13.0 Å². The largest absolute Gasteiger partial charge is 0.381 e. The minimum atomic E-state index is -0.161. The summed E-state index contributed by atoms with van der Waals surface area (Å²) in [4.78, 5) is 0. The van der Waals surface area contributed by atoms with Crippen LogP contribution in [0.15, 0.2) is 18.2 Å². The van der Waals surface area contributed by atoms with Gasteiger partial charge in [0.05, 0.1) is 6.10 Å². The SMILES string of the molecule is COC1CC(NCc2cc(F)ccc2C)C1. The summed E-state index contributed by atoms with van der Waals surface area (Å²) in [5.41, 5.74) is 2.18. The highest BCUT2D eigenvalue weighted by molar-refractivity contribution is 5.26. The van der Waals surface area contributed by atoms with Crippen LogP contribution in [0.25, 0.3) is 0 Å². The lowest BCUT2D eigenvalue weighted by atomic mass is 9.89. The lowest BCUT2D eigenvalue weighted by molar-refractivity contribution is 0.0170. The zero-order valence-corrected chi connectivity index (χ0v) is 9.79. The van der Waals surface area contributed by atoms with E-state index in [2.05, 4.69) is 5.32 Å². The highest BCUT2D eigenvalue weighted by atomic mass is 19.1. The number of hydrogen-bond donors (Lipinski definition) is 1. The van der Waals surface area contributed by atoms with Crippen molar-refractivity contribution in [3.8, 4) is 0 Å². The van der Waals surface area contributed by atoms with Crippen LogP contribution < -0.4 is 5.32 Å². The Labute approximate surface area is 95.8 Å². The molecule has 0 heterocycles. The standard InChI is InChI=1S/C13H18FNO/c1-9-3-4-11(14)5-10(9)8-15-12-6-13(7-12)16-2/h3-5,12-13,15H,6-8H2,1-2H3. The van der Waals surface area contributed by atoms with Crippen molar-refractivity contribution in [2.75, 3.05) is 7.11 Å². The topological polar surface area (TPSA) is 21.3 Å². The van der Waals surface area contributed by atoms with Gasteiger partial charge in [-0.2, -0.15) is 0 Å². The molecule has 0 atom stereocenters. The smallest absolute Gasteiger partial charge is 0.123 e. The lowest BCUT2D eigenvalue weighted by Gasteiger charge is -2.35. The molecule has 1 aromatic carbocycles. The maximum absolute atomic E-state index is 13.0. The average Bonchev–Trinajstić information content (AvgIpc) is 2.21. The Balaban J connectivity index is 1.83. The van der Waals surface area contributed by atoms with Crippen LogP contribution in [0.3, 0.4) is 0 Å². The molecular weight excluding hydrogens is 205 g/mol. The molecule has 1 aliphatic rings. The summed E-state index contributed by atoms with van der Waals surface area (Å²) >= 11 is 0. The van der Waals surface area contributed by atoms with Crippen molar-refractivity contribution in [1.29, 1.82) is 0 Å². The number of halogens is 1. The molecule has 0 radical (unpaired) electrons. The molecule has 1 aliphatic carbocycles. The van der Waals surface area contributed by atoms with E-state index in [-0.39, 0.29) is 5.82 Å². The lowest BCUT2D eigenvalue weighted by Crippen LogP contribution is -2.44. The molecule has 0 saturated heterocycles. The van der Waals surface area contributed by atoms with Crippen molar-refractivity contribution in [3.05, 3.63) is 35.1 Å². The fourth-order valence-corrected chi connectivity index (χ4v) is 2.01. The van der Waals surface area contributed by atoms with E-state index in [1.165, 1.54) is 6.07 Å². The van der Waals surface area contributed by atoms with Crippen LogP contribution in [0.2, 0.25) is 0 Å². The maximum atomic E-state index is 13.0. The summed E-state index contributed by atoms with van der Waals surface area (Å²) in [6.07, 6.45) is 2.53. The number of nitrogens with one attached hydrogen (secondary N) is 1. The van der Waals surface area contributed by atoms with Crippen LogP contribution in [0, 0.1) is 12.7 Å². The third-order valence-corrected chi connectivity index (χ3v) is 3.32. The summed E-state index contributed by atoms with van der Waals surface area (Å²) < 4.78 is 18.2. The minimum absolute atomic E-state index is 0.161. The molecule has 1 fully saturated rings. The number of benzene rings is 1. The van der Waals surface area contributed by atoms with Crippen LogP contribution in [0.1, 0.15) is 24.0 Å². The fourth-order valence-electron chi connectivity index (χ4n) is 2.01. The Kier molecular flexibility index (Phi) is 3.56. The van der Waals surface area contributed by atoms with E-state index in [0.29, 0.717) is 12.1 Å². The van der Waals surface area contributed by atoms with Gasteiger partial charge < -0.3 is 10.1 Å². The zero-order chi connectivity index (χ0) is 11.5. The first-order chi connectivity index (χ1) is 7.69. The second-order valence-corrected chi connectivity index (χ2v) is 4.48. The van der Waals surface area contributed by atoms with Crippen molar-refractivity contribution in [2.45, 2.75) is 38.5 Å². The average molecular weight is 223 g/mol. The Morgan fingerprint density at radius 3 is 2.88 bits per heavy atom. The van der Waals surface area contributed by atoms with Crippen LogP contribution in [-0.4, -0.2) is 19.3 Å². The highest BCUT2D eigenvalue weighted by Crippen LogP contribution is 2.23. The molecule has 0 unspecified atom stereocenters. The highest BCUT2D eigenvalue weighted by Gasteiger charge is 2.28. The van der Waals surface area contributed by atoms with E-state index >= 15 is 0 Å². The predicted molar refractivity (Wildman–Crippen MR) is 61.8 cm³/mol. The quantitative estimate of drug-likeness (QED) is 0.846. The minimum Gasteiger partial charge on any atom is -0.381 e. The van der Waals surface area contributed by atoms with Crippen molar-refractivity contribution in [1.82, 2.24) is 5.32 Å². The van der Waals surface area contributed by atoms with Gasteiger partial charge in [0.2, 0.25) is 0 Å². The van der Waals surface area contributed by atoms with Gasteiger partial charge >= 0.3 is 0 Å². The van der Waals surface area contributed by atoms with E-state index in [9.17, 15) is 4.39 Å². The first kappa shape index (κ1) is 11.6. The van der Waals surface area contributed by atoms with E-state index in [1.54, 1.807) is 13.2 Å². The van der Waals surface area contributed by atoms with Gasteiger partial charge in [-0.15, -0.1) is 0 Å². The van der Waals surface area contributed by atoms with Gasteiger partial charge in [-0.05, 0) is 43.0 Å². The molecule has 3 heteroatoms. The molecular formula is C13H18FNO. The molecule has 0 amide bonds. The summed E-state index contributed by atoms with van der Waals surface area (Å²) in [6.45, 7) is 2.75. The first-order valence-electron chi connectivity index (χ1n) is 5.70. The third kappa shape index (κ3) is 2.60. The third-order valence-electron chi connectivity index (χ3n) is 3.32.